The standard InChI is InChI=1S/C14H10BrCl2NO2/c15-10-4-2-1-3-8(10)7-20-14(19)9-5-11(16)13(17)12(18)6-9/h1-6H,7,18H2. The first kappa shape index (κ1) is 15.2. The Bertz CT molecular complexity index is 638. The van der Waals surface area contributed by atoms with E-state index in [1.807, 2.05) is 24.3 Å². The molecule has 6 heteroatoms. The Balaban J connectivity index is 2.11. The van der Waals surface area contributed by atoms with Crippen LogP contribution < -0.4 is 5.73 Å². The summed E-state index contributed by atoms with van der Waals surface area (Å²) in [5.74, 6) is -0.508. The fourth-order valence-electron chi connectivity index (χ4n) is 1.57. The fourth-order valence-corrected chi connectivity index (χ4v) is 2.31. The molecular weight excluding hydrogens is 365 g/mol. The molecule has 0 amide bonds. The van der Waals surface area contributed by atoms with Crippen molar-refractivity contribution in [1.82, 2.24) is 0 Å². The van der Waals surface area contributed by atoms with Crippen molar-refractivity contribution in [3.8, 4) is 0 Å². The van der Waals surface area contributed by atoms with Gasteiger partial charge in [-0.2, -0.15) is 0 Å². The van der Waals surface area contributed by atoms with Gasteiger partial charge in [0.15, 0.2) is 0 Å². The van der Waals surface area contributed by atoms with Crippen molar-refractivity contribution in [1.29, 1.82) is 0 Å². The van der Waals surface area contributed by atoms with E-state index in [-0.39, 0.29) is 27.9 Å². The number of ether oxygens (including phenoxy) is 1. The van der Waals surface area contributed by atoms with Crippen LogP contribution in [0.1, 0.15) is 15.9 Å². The van der Waals surface area contributed by atoms with Gasteiger partial charge in [0, 0.05) is 10.0 Å². The Morgan fingerprint density at radius 1 is 1.25 bits per heavy atom. The van der Waals surface area contributed by atoms with Gasteiger partial charge in [-0.15, -0.1) is 0 Å². The van der Waals surface area contributed by atoms with Gasteiger partial charge in [-0.05, 0) is 18.2 Å². The minimum Gasteiger partial charge on any atom is -0.457 e. The van der Waals surface area contributed by atoms with E-state index in [4.69, 9.17) is 33.7 Å². The quantitative estimate of drug-likeness (QED) is 0.626. The lowest BCUT2D eigenvalue weighted by Gasteiger charge is -2.08. The van der Waals surface area contributed by atoms with Crippen LogP contribution in [0.2, 0.25) is 10.0 Å². The van der Waals surface area contributed by atoms with Crippen molar-refractivity contribution < 1.29 is 9.53 Å². The first-order chi connectivity index (χ1) is 9.49. The minimum atomic E-state index is -0.508. The summed E-state index contributed by atoms with van der Waals surface area (Å²) in [4.78, 5) is 12.0. The van der Waals surface area contributed by atoms with Crippen LogP contribution in [0.25, 0.3) is 0 Å². The van der Waals surface area contributed by atoms with Gasteiger partial charge in [-0.1, -0.05) is 57.3 Å². The smallest absolute Gasteiger partial charge is 0.338 e. The van der Waals surface area contributed by atoms with Crippen LogP contribution in [0.15, 0.2) is 40.9 Å². The summed E-state index contributed by atoms with van der Waals surface area (Å²) in [5.41, 5.74) is 7.04. The third kappa shape index (κ3) is 3.45. The summed E-state index contributed by atoms with van der Waals surface area (Å²) in [6, 6.07) is 10.4. The average molecular weight is 375 g/mol. The normalized spacial score (nSPS) is 10.3. The van der Waals surface area contributed by atoms with Crippen molar-refractivity contribution in [2.24, 2.45) is 0 Å². The predicted molar refractivity (Wildman–Crippen MR) is 84.1 cm³/mol. The topological polar surface area (TPSA) is 52.3 Å². The molecule has 2 N–H and O–H groups in total. The van der Waals surface area contributed by atoms with E-state index in [1.165, 1.54) is 12.1 Å². The molecule has 0 aliphatic carbocycles. The van der Waals surface area contributed by atoms with E-state index in [0.717, 1.165) is 10.0 Å². The number of benzene rings is 2. The van der Waals surface area contributed by atoms with Crippen molar-refractivity contribution >= 4 is 50.8 Å². The van der Waals surface area contributed by atoms with Crippen LogP contribution in [0.3, 0.4) is 0 Å². The molecular formula is C14H10BrCl2NO2. The number of hydrogen-bond acceptors (Lipinski definition) is 3. The summed E-state index contributed by atoms with van der Waals surface area (Å²) in [5, 5.41) is 0.452. The van der Waals surface area contributed by atoms with Crippen molar-refractivity contribution in [2.75, 3.05) is 5.73 Å². The summed E-state index contributed by atoms with van der Waals surface area (Å²) in [6.07, 6.45) is 0. The monoisotopic (exact) mass is 373 g/mol. The second kappa shape index (κ2) is 6.48. The van der Waals surface area contributed by atoms with Gasteiger partial charge < -0.3 is 10.5 Å². The first-order valence-electron chi connectivity index (χ1n) is 5.64. The molecule has 0 spiro atoms. The second-order valence-electron chi connectivity index (χ2n) is 4.03. The second-order valence-corrected chi connectivity index (χ2v) is 5.67. The Hall–Kier alpha value is -1.23. The highest BCUT2D eigenvalue weighted by atomic mass is 79.9. The van der Waals surface area contributed by atoms with E-state index in [2.05, 4.69) is 15.9 Å². The molecule has 104 valence electrons. The van der Waals surface area contributed by atoms with E-state index < -0.39 is 5.97 Å². The van der Waals surface area contributed by atoms with Gasteiger partial charge in [-0.25, -0.2) is 4.79 Å². The predicted octanol–water partition coefficient (Wildman–Crippen LogP) is 4.70. The summed E-state index contributed by atoms with van der Waals surface area (Å²) in [7, 11) is 0. The zero-order chi connectivity index (χ0) is 14.7. The molecule has 20 heavy (non-hydrogen) atoms. The van der Waals surface area contributed by atoms with E-state index in [0.29, 0.717) is 0 Å². The number of rotatable bonds is 3. The molecule has 0 bridgehead atoms. The number of anilines is 1. The average Bonchev–Trinajstić information content (AvgIpc) is 2.43. The van der Waals surface area contributed by atoms with Crippen molar-refractivity contribution in [3.63, 3.8) is 0 Å². The molecule has 2 rings (SSSR count). The number of carbonyl (C=O) groups is 1. The third-order valence-electron chi connectivity index (χ3n) is 2.61. The zero-order valence-corrected chi connectivity index (χ0v) is 13.3. The lowest BCUT2D eigenvalue weighted by molar-refractivity contribution is 0.0472. The molecule has 2 aromatic carbocycles. The molecule has 0 atom stereocenters. The van der Waals surface area contributed by atoms with E-state index >= 15 is 0 Å². The summed E-state index contributed by atoms with van der Waals surface area (Å²) < 4.78 is 6.09. The number of halogens is 3. The van der Waals surface area contributed by atoms with E-state index in [9.17, 15) is 4.79 Å². The van der Waals surface area contributed by atoms with Gasteiger partial charge in [0.25, 0.3) is 0 Å². The number of hydrogen-bond donors (Lipinski definition) is 1. The molecule has 0 aromatic heterocycles. The SMILES string of the molecule is Nc1cc(C(=O)OCc2ccccc2Br)cc(Cl)c1Cl. The Morgan fingerprint density at radius 3 is 2.60 bits per heavy atom. The van der Waals surface area contributed by atoms with Gasteiger partial charge >= 0.3 is 5.97 Å². The van der Waals surface area contributed by atoms with Crippen LogP contribution in [0, 0.1) is 0 Å². The number of carbonyl (C=O) groups excluding carboxylic acids is 1. The molecule has 0 saturated heterocycles. The summed E-state index contributed by atoms with van der Waals surface area (Å²) >= 11 is 15.1. The third-order valence-corrected chi connectivity index (χ3v) is 4.20. The van der Waals surface area contributed by atoms with Crippen LogP contribution in [0.4, 0.5) is 5.69 Å². The first-order valence-corrected chi connectivity index (χ1v) is 7.19. The number of nitrogens with two attached hydrogens (primary N) is 1. The summed E-state index contributed by atoms with van der Waals surface area (Å²) in [6.45, 7) is 0.153. The van der Waals surface area contributed by atoms with Crippen molar-refractivity contribution in [2.45, 2.75) is 6.61 Å². The molecule has 0 saturated carbocycles. The minimum absolute atomic E-state index is 0.153. The fraction of sp³-hybridized carbons (Fsp3) is 0.0714. The van der Waals surface area contributed by atoms with Gasteiger partial charge in [-0.3, -0.25) is 0 Å². The van der Waals surface area contributed by atoms with Gasteiger partial charge in [0.05, 0.1) is 21.3 Å². The highest BCUT2D eigenvalue weighted by Gasteiger charge is 2.13. The van der Waals surface area contributed by atoms with E-state index in [1.54, 1.807) is 0 Å². The van der Waals surface area contributed by atoms with Crippen molar-refractivity contribution in [3.05, 3.63) is 62.0 Å². The molecule has 0 aliphatic rings. The maximum Gasteiger partial charge on any atom is 0.338 e. The molecule has 0 fully saturated rings. The maximum absolute atomic E-state index is 12.0. The molecule has 2 aromatic rings. The van der Waals surface area contributed by atoms with Crippen LogP contribution in [0.5, 0.6) is 0 Å². The number of esters is 1. The lowest BCUT2D eigenvalue weighted by Crippen LogP contribution is -2.06. The highest BCUT2D eigenvalue weighted by molar-refractivity contribution is 9.10. The van der Waals surface area contributed by atoms with Gasteiger partial charge in [0.2, 0.25) is 0 Å². The lowest BCUT2D eigenvalue weighted by atomic mass is 10.2. The Kier molecular flexibility index (Phi) is 4.91. The Labute approximate surface area is 134 Å². The molecule has 0 radical (unpaired) electrons. The number of nitrogen functional groups attached to an aromatic ring is 1. The Morgan fingerprint density at radius 2 is 1.95 bits per heavy atom. The van der Waals surface area contributed by atoms with Crippen LogP contribution in [-0.2, 0) is 11.3 Å². The molecule has 0 unspecified atom stereocenters. The molecule has 3 nitrogen and oxygen atoms in total. The van der Waals surface area contributed by atoms with Crippen LogP contribution in [-0.4, -0.2) is 5.97 Å². The highest BCUT2D eigenvalue weighted by Crippen LogP contribution is 2.29. The van der Waals surface area contributed by atoms with Gasteiger partial charge in [0.1, 0.15) is 6.61 Å². The largest absolute Gasteiger partial charge is 0.457 e. The molecule has 0 aliphatic heterocycles. The zero-order valence-electron chi connectivity index (χ0n) is 10.2. The molecule has 0 heterocycles. The maximum atomic E-state index is 12.0. The van der Waals surface area contributed by atoms with Crippen LogP contribution >= 0.6 is 39.1 Å².